The fourth-order valence-electron chi connectivity index (χ4n) is 10.4. The van der Waals surface area contributed by atoms with Crippen molar-refractivity contribution in [2.24, 2.45) is 17.8 Å². The molecular weight excluding hydrogens is 657 g/mol. The third-order valence-electron chi connectivity index (χ3n) is 12.3. The van der Waals surface area contributed by atoms with Crippen molar-refractivity contribution < 1.29 is 0 Å². The van der Waals surface area contributed by atoms with E-state index in [1.807, 2.05) is 72.8 Å². The smallest absolute Gasteiger partial charge is 0.164 e. The molecule has 54 heavy (non-hydrogen) atoms. The van der Waals surface area contributed by atoms with E-state index in [1.165, 1.54) is 44.1 Å². The van der Waals surface area contributed by atoms with Crippen LogP contribution in [0.1, 0.15) is 49.7 Å². The molecule has 0 atom stereocenters. The van der Waals surface area contributed by atoms with Crippen molar-refractivity contribution in [2.45, 2.75) is 43.9 Å². The Bertz CT molecular complexity index is 2480. The fraction of sp³-hybridized carbons (Fsp3) is 0.200. The monoisotopic (exact) mass is 696 g/mol. The van der Waals surface area contributed by atoms with Crippen molar-refractivity contribution in [1.82, 2.24) is 15.0 Å². The van der Waals surface area contributed by atoms with Crippen LogP contribution in [0, 0.1) is 29.1 Å². The van der Waals surface area contributed by atoms with Crippen LogP contribution in [0.4, 0.5) is 0 Å². The first kappa shape index (κ1) is 32.5. The van der Waals surface area contributed by atoms with Gasteiger partial charge in [-0.1, -0.05) is 140 Å². The van der Waals surface area contributed by atoms with E-state index in [1.54, 1.807) is 0 Å². The SMILES string of the molecule is N#Cc1cc(-c2nc(-c3ccccc3)nc(-c3ccccc3-c3ccccc3)n2)cc(-c2ccccc2)c1-c1ccc(C23CC4CC(CC(C4)C2)C3)cc1. The second-order valence-corrected chi connectivity index (χ2v) is 15.8. The van der Waals surface area contributed by atoms with Crippen LogP contribution in [0.25, 0.3) is 67.5 Å². The molecule has 0 aliphatic heterocycles. The zero-order chi connectivity index (χ0) is 36.1. The molecule has 4 nitrogen and oxygen atoms in total. The Hall–Kier alpha value is -6.18. The maximum Gasteiger partial charge on any atom is 0.164 e. The van der Waals surface area contributed by atoms with Gasteiger partial charge in [-0.05, 0) is 107 Å². The standard InChI is InChI=1S/C50H40N4/c51-32-41-27-40(48-52-47(39-16-8-3-9-17-39)53-49(54-48)44-19-11-10-18-43(44)36-12-4-1-5-13-36)28-45(37-14-6-2-7-15-37)46(41)38-20-22-42(23-21-38)50-29-33-24-34(30-50)26-35(25-33)31-50/h1-23,27-28,33-35H,24-26,29-31H2. The lowest BCUT2D eigenvalue weighted by atomic mass is 9.48. The summed E-state index contributed by atoms with van der Waals surface area (Å²) in [6.45, 7) is 0. The van der Waals surface area contributed by atoms with Gasteiger partial charge in [0.05, 0.1) is 11.6 Å². The molecule has 0 amide bonds. The summed E-state index contributed by atoms with van der Waals surface area (Å²) in [5, 5.41) is 10.9. The van der Waals surface area contributed by atoms with Gasteiger partial charge >= 0.3 is 0 Å². The molecule has 1 heterocycles. The molecular formula is C50H40N4. The van der Waals surface area contributed by atoms with E-state index in [-0.39, 0.29) is 0 Å². The number of hydrogen-bond acceptors (Lipinski definition) is 4. The first-order valence-electron chi connectivity index (χ1n) is 19.3. The Labute approximate surface area is 317 Å². The van der Waals surface area contributed by atoms with E-state index >= 15 is 0 Å². The molecule has 0 N–H and O–H groups in total. The van der Waals surface area contributed by atoms with Gasteiger partial charge in [-0.2, -0.15) is 5.26 Å². The van der Waals surface area contributed by atoms with Gasteiger partial charge in [0, 0.05) is 22.3 Å². The molecule has 4 fully saturated rings. The third-order valence-corrected chi connectivity index (χ3v) is 12.3. The molecule has 4 bridgehead atoms. The summed E-state index contributed by atoms with van der Waals surface area (Å²) < 4.78 is 0. The zero-order valence-corrected chi connectivity index (χ0v) is 30.2. The number of aromatic nitrogens is 3. The van der Waals surface area contributed by atoms with Gasteiger partial charge in [0.2, 0.25) is 0 Å². The van der Waals surface area contributed by atoms with Gasteiger partial charge in [-0.3, -0.25) is 0 Å². The van der Waals surface area contributed by atoms with Crippen molar-refractivity contribution in [3.05, 3.63) is 163 Å². The molecule has 4 aliphatic carbocycles. The number of nitriles is 1. The van der Waals surface area contributed by atoms with Crippen molar-refractivity contribution in [2.75, 3.05) is 0 Å². The van der Waals surface area contributed by atoms with Crippen LogP contribution in [0.2, 0.25) is 0 Å². The van der Waals surface area contributed by atoms with Crippen LogP contribution in [0.15, 0.2) is 152 Å². The Balaban J connectivity index is 1.13. The lowest BCUT2D eigenvalue weighted by Gasteiger charge is -2.57. The predicted octanol–water partition coefficient (Wildman–Crippen LogP) is 12.2. The Morgan fingerprint density at radius 2 is 0.926 bits per heavy atom. The van der Waals surface area contributed by atoms with Crippen LogP contribution >= 0.6 is 0 Å². The van der Waals surface area contributed by atoms with Crippen LogP contribution in [-0.2, 0) is 5.41 Å². The molecule has 0 unspecified atom stereocenters. The third kappa shape index (κ3) is 5.81. The molecule has 4 heteroatoms. The van der Waals surface area contributed by atoms with Gasteiger partial charge in [-0.15, -0.1) is 0 Å². The van der Waals surface area contributed by atoms with Gasteiger partial charge in [0.1, 0.15) is 0 Å². The minimum atomic E-state index is 0.323. The number of nitrogens with zero attached hydrogens (tertiary/aromatic N) is 4. The molecule has 7 aromatic rings. The van der Waals surface area contributed by atoms with E-state index in [4.69, 9.17) is 15.0 Å². The largest absolute Gasteiger partial charge is 0.208 e. The summed E-state index contributed by atoms with van der Waals surface area (Å²) in [7, 11) is 0. The van der Waals surface area contributed by atoms with Gasteiger partial charge in [-0.25, -0.2) is 15.0 Å². The summed E-state index contributed by atoms with van der Waals surface area (Å²) >= 11 is 0. The zero-order valence-electron chi connectivity index (χ0n) is 30.2. The Morgan fingerprint density at radius 1 is 0.444 bits per heavy atom. The number of rotatable bonds is 7. The Kier molecular flexibility index (Phi) is 8.02. The highest BCUT2D eigenvalue weighted by atomic mass is 15.0. The minimum Gasteiger partial charge on any atom is -0.208 e. The molecule has 0 saturated heterocycles. The molecule has 4 aliphatic rings. The molecule has 260 valence electrons. The lowest BCUT2D eigenvalue weighted by molar-refractivity contribution is -0.00518. The average molecular weight is 697 g/mol. The molecule has 0 spiro atoms. The second-order valence-electron chi connectivity index (χ2n) is 15.8. The van der Waals surface area contributed by atoms with Crippen LogP contribution < -0.4 is 0 Å². The van der Waals surface area contributed by atoms with Crippen molar-refractivity contribution in [3.8, 4) is 73.6 Å². The minimum absolute atomic E-state index is 0.323. The molecule has 1 aromatic heterocycles. The topological polar surface area (TPSA) is 62.5 Å². The summed E-state index contributed by atoms with van der Waals surface area (Å²) in [6, 6.07) is 55.1. The highest BCUT2D eigenvalue weighted by Crippen LogP contribution is 2.60. The van der Waals surface area contributed by atoms with Crippen LogP contribution in [0.5, 0.6) is 0 Å². The second kappa shape index (κ2) is 13.3. The van der Waals surface area contributed by atoms with Crippen LogP contribution in [-0.4, -0.2) is 15.0 Å². The predicted molar refractivity (Wildman–Crippen MR) is 217 cm³/mol. The number of hydrogen-bond donors (Lipinski definition) is 0. The molecule has 4 saturated carbocycles. The van der Waals surface area contributed by atoms with Crippen molar-refractivity contribution >= 4 is 0 Å². The van der Waals surface area contributed by atoms with Crippen LogP contribution in [0.3, 0.4) is 0 Å². The van der Waals surface area contributed by atoms with E-state index in [2.05, 4.69) is 84.9 Å². The number of benzene rings is 6. The fourth-order valence-corrected chi connectivity index (χ4v) is 10.4. The summed E-state index contributed by atoms with van der Waals surface area (Å²) in [6.07, 6.45) is 8.31. The maximum absolute atomic E-state index is 10.9. The van der Waals surface area contributed by atoms with Crippen molar-refractivity contribution in [1.29, 1.82) is 5.26 Å². The quantitative estimate of drug-likeness (QED) is 0.166. The Morgan fingerprint density at radius 3 is 1.50 bits per heavy atom. The lowest BCUT2D eigenvalue weighted by Crippen LogP contribution is -2.48. The van der Waals surface area contributed by atoms with E-state index < -0.39 is 0 Å². The molecule has 11 rings (SSSR count). The van der Waals surface area contributed by atoms with Gasteiger partial charge < -0.3 is 0 Å². The summed E-state index contributed by atoms with van der Waals surface area (Å²) in [5.74, 6) is 4.37. The molecule has 0 radical (unpaired) electrons. The van der Waals surface area contributed by atoms with Gasteiger partial charge in [0.25, 0.3) is 0 Å². The van der Waals surface area contributed by atoms with E-state index in [0.717, 1.165) is 67.8 Å². The molecule has 6 aromatic carbocycles. The highest BCUT2D eigenvalue weighted by Gasteiger charge is 2.51. The van der Waals surface area contributed by atoms with E-state index in [9.17, 15) is 5.26 Å². The van der Waals surface area contributed by atoms with Crippen molar-refractivity contribution in [3.63, 3.8) is 0 Å². The summed E-state index contributed by atoms with van der Waals surface area (Å²) in [4.78, 5) is 15.3. The first-order valence-corrected chi connectivity index (χ1v) is 19.3. The first-order chi connectivity index (χ1) is 26.6. The highest BCUT2D eigenvalue weighted by molar-refractivity contribution is 5.91. The summed E-state index contributed by atoms with van der Waals surface area (Å²) in [5.41, 5.74) is 11.2. The van der Waals surface area contributed by atoms with E-state index in [0.29, 0.717) is 28.5 Å². The normalized spacial score (nSPS) is 21.1. The van der Waals surface area contributed by atoms with Gasteiger partial charge in [0.15, 0.2) is 17.5 Å². The maximum atomic E-state index is 10.9. The average Bonchev–Trinajstić information content (AvgIpc) is 3.23.